The molecule has 3 atom stereocenters. The molecule has 3 aliphatic heterocycles. The van der Waals surface area contributed by atoms with Gasteiger partial charge in [0.25, 0.3) is 0 Å². The van der Waals surface area contributed by atoms with Crippen LogP contribution in [0.25, 0.3) is 0 Å². The number of likely N-dealkylation sites (tertiary alicyclic amines) is 1. The van der Waals surface area contributed by atoms with Gasteiger partial charge in [-0.25, -0.2) is 9.97 Å². The maximum Gasteiger partial charge on any atom is 0.225 e. The molecule has 8 heteroatoms. The van der Waals surface area contributed by atoms with E-state index in [9.17, 15) is 4.79 Å². The lowest BCUT2D eigenvalue weighted by Gasteiger charge is -2.38. The number of morpholine rings is 1. The van der Waals surface area contributed by atoms with E-state index in [1.165, 1.54) is 0 Å². The Labute approximate surface area is 179 Å². The molecule has 0 N–H and O–H groups in total. The van der Waals surface area contributed by atoms with Crippen LogP contribution in [0.2, 0.25) is 0 Å². The third-order valence-corrected chi connectivity index (χ3v) is 6.40. The molecule has 0 aromatic carbocycles. The Morgan fingerprint density at radius 1 is 1.30 bits per heavy atom. The van der Waals surface area contributed by atoms with Crippen LogP contribution in [0.3, 0.4) is 0 Å². The smallest absolute Gasteiger partial charge is 0.225 e. The molecule has 0 radical (unpaired) electrons. The van der Waals surface area contributed by atoms with E-state index in [4.69, 9.17) is 14.5 Å². The lowest BCUT2D eigenvalue weighted by molar-refractivity contribution is -0.130. The molecular weight excluding hydrogens is 382 g/mol. The summed E-state index contributed by atoms with van der Waals surface area (Å²) in [6.45, 7) is 9.33. The Morgan fingerprint density at radius 3 is 2.80 bits per heavy atom. The van der Waals surface area contributed by atoms with Gasteiger partial charge in [-0.1, -0.05) is 0 Å². The van der Waals surface area contributed by atoms with Gasteiger partial charge in [0, 0.05) is 44.4 Å². The average Bonchev–Trinajstić information content (AvgIpc) is 3.12. The molecule has 2 fully saturated rings. The minimum atomic E-state index is -0.216. The summed E-state index contributed by atoms with van der Waals surface area (Å²) in [6, 6.07) is 0. The lowest BCUT2D eigenvalue weighted by Crippen LogP contribution is -2.47. The zero-order valence-electron chi connectivity index (χ0n) is 18.8. The van der Waals surface area contributed by atoms with E-state index in [1.54, 1.807) is 0 Å². The fourth-order valence-electron chi connectivity index (χ4n) is 4.98. The molecule has 1 amide bonds. The molecule has 0 saturated carbocycles. The first-order valence-electron chi connectivity index (χ1n) is 11.1. The van der Waals surface area contributed by atoms with Gasteiger partial charge in [-0.3, -0.25) is 4.79 Å². The molecule has 4 heterocycles. The Bertz CT molecular complexity index is 763. The zero-order valence-corrected chi connectivity index (χ0v) is 18.8. The van der Waals surface area contributed by atoms with Crippen molar-refractivity contribution in [3.63, 3.8) is 0 Å². The summed E-state index contributed by atoms with van der Waals surface area (Å²) in [5.41, 5.74) is 1.92. The molecule has 1 spiro atoms. The van der Waals surface area contributed by atoms with Crippen molar-refractivity contribution in [2.75, 3.05) is 58.3 Å². The van der Waals surface area contributed by atoms with Gasteiger partial charge in [0.15, 0.2) is 0 Å². The maximum absolute atomic E-state index is 12.8. The molecule has 3 aliphatic rings. The van der Waals surface area contributed by atoms with Crippen molar-refractivity contribution in [1.29, 1.82) is 0 Å². The molecule has 0 unspecified atom stereocenters. The van der Waals surface area contributed by atoms with Gasteiger partial charge < -0.3 is 24.2 Å². The van der Waals surface area contributed by atoms with Crippen LogP contribution in [0.4, 0.5) is 5.95 Å². The molecule has 8 nitrogen and oxygen atoms in total. The first-order chi connectivity index (χ1) is 14.4. The monoisotopic (exact) mass is 417 g/mol. The Morgan fingerprint density at radius 2 is 2.07 bits per heavy atom. The van der Waals surface area contributed by atoms with Crippen LogP contribution in [0.5, 0.6) is 0 Å². The summed E-state index contributed by atoms with van der Waals surface area (Å²) in [5.74, 6) is 1.01. The Hall–Kier alpha value is -1.77. The zero-order chi connectivity index (χ0) is 21.3. The van der Waals surface area contributed by atoms with E-state index in [0.29, 0.717) is 26.2 Å². The molecular formula is C22H35N5O3. The van der Waals surface area contributed by atoms with E-state index in [-0.39, 0.29) is 23.5 Å². The summed E-state index contributed by atoms with van der Waals surface area (Å²) in [4.78, 5) is 28.8. The summed E-state index contributed by atoms with van der Waals surface area (Å²) >= 11 is 0. The van der Waals surface area contributed by atoms with Crippen molar-refractivity contribution in [3.8, 4) is 0 Å². The second kappa shape index (κ2) is 8.77. The minimum Gasteiger partial charge on any atom is -0.376 e. The maximum atomic E-state index is 12.8. The number of fused-ring (bicyclic) bond motifs is 2. The van der Waals surface area contributed by atoms with Crippen LogP contribution in [0.15, 0.2) is 6.20 Å². The normalized spacial score (nSPS) is 29.0. The van der Waals surface area contributed by atoms with Crippen molar-refractivity contribution in [3.05, 3.63) is 17.5 Å². The van der Waals surface area contributed by atoms with Crippen molar-refractivity contribution >= 4 is 11.9 Å². The highest BCUT2D eigenvalue weighted by Gasteiger charge is 2.46. The standard InChI is InChI=1S/C22H35N5O3/c1-16-11-27(12-17(2)30-16)21-23-10-18-13-29-15-22(20(18)24-21)7-9-26(14-22)19(28)6-5-8-25(3)4/h10,16-17H,5-9,11-15H2,1-4H3/t16-,17+,22-/m0/s1. The number of aromatic nitrogens is 2. The predicted molar refractivity (Wildman–Crippen MR) is 115 cm³/mol. The second-order valence-electron chi connectivity index (χ2n) is 9.45. The number of carbonyl (C=O) groups is 1. The van der Waals surface area contributed by atoms with Crippen molar-refractivity contribution in [1.82, 2.24) is 19.8 Å². The van der Waals surface area contributed by atoms with Crippen LogP contribution in [0.1, 0.15) is 44.4 Å². The SMILES string of the molecule is C[C@@H]1CN(c2ncc3c(n2)[C@]2(CCN(C(=O)CCCN(C)C)C2)COC3)C[C@H](C)O1. The van der Waals surface area contributed by atoms with Gasteiger partial charge in [-0.2, -0.15) is 0 Å². The number of hydrogen-bond donors (Lipinski definition) is 0. The predicted octanol–water partition coefficient (Wildman–Crippen LogP) is 1.43. The van der Waals surface area contributed by atoms with E-state index in [0.717, 1.165) is 56.2 Å². The van der Waals surface area contributed by atoms with E-state index >= 15 is 0 Å². The number of amides is 1. The van der Waals surface area contributed by atoms with E-state index in [1.807, 2.05) is 25.2 Å². The summed E-state index contributed by atoms with van der Waals surface area (Å²) in [6.07, 6.45) is 4.62. The number of nitrogens with zero attached hydrogens (tertiary/aromatic N) is 5. The molecule has 1 aromatic heterocycles. The Balaban J connectivity index is 1.51. The summed E-state index contributed by atoms with van der Waals surface area (Å²) < 4.78 is 11.8. The van der Waals surface area contributed by atoms with Gasteiger partial charge in [0.05, 0.1) is 36.5 Å². The topological polar surface area (TPSA) is 71.0 Å². The second-order valence-corrected chi connectivity index (χ2v) is 9.45. The van der Waals surface area contributed by atoms with Crippen LogP contribution < -0.4 is 4.90 Å². The van der Waals surface area contributed by atoms with E-state index in [2.05, 4.69) is 28.6 Å². The van der Waals surface area contributed by atoms with Gasteiger partial charge >= 0.3 is 0 Å². The van der Waals surface area contributed by atoms with Gasteiger partial charge in [0.1, 0.15) is 0 Å². The van der Waals surface area contributed by atoms with Gasteiger partial charge in [-0.15, -0.1) is 0 Å². The summed E-state index contributed by atoms with van der Waals surface area (Å²) in [5, 5.41) is 0. The number of hydrogen-bond acceptors (Lipinski definition) is 7. The first kappa shape index (κ1) is 21.5. The highest BCUT2D eigenvalue weighted by atomic mass is 16.5. The Kier molecular flexibility index (Phi) is 6.27. The molecule has 2 saturated heterocycles. The fraction of sp³-hybridized carbons (Fsp3) is 0.773. The third-order valence-electron chi connectivity index (χ3n) is 6.40. The fourth-order valence-corrected chi connectivity index (χ4v) is 4.98. The molecule has 30 heavy (non-hydrogen) atoms. The first-order valence-corrected chi connectivity index (χ1v) is 11.1. The largest absolute Gasteiger partial charge is 0.376 e. The minimum absolute atomic E-state index is 0.160. The summed E-state index contributed by atoms with van der Waals surface area (Å²) in [7, 11) is 4.08. The molecule has 4 rings (SSSR count). The van der Waals surface area contributed by atoms with E-state index < -0.39 is 0 Å². The van der Waals surface area contributed by atoms with Crippen molar-refractivity contribution in [2.24, 2.45) is 0 Å². The molecule has 166 valence electrons. The van der Waals surface area contributed by atoms with Crippen LogP contribution in [0, 0.1) is 0 Å². The number of carbonyl (C=O) groups excluding carboxylic acids is 1. The van der Waals surface area contributed by atoms with Crippen LogP contribution in [-0.4, -0.2) is 91.3 Å². The highest BCUT2D eigenvalue weighted by molar-refractivity contribution is 5.76. The third kappa shape index (κ3) is 4.45. The number of ether oxygens (including phenoxy) is 2. The lowest BCUT2D eigenvalue weighted by atomic mass is 9.80. The van der Waals surface area contributed by atoms with Gasteiger partial charge in [-0.05, 0) is 47.3 Å². The van der Waals surface area contributed by atoms with Crippen LogP contribution in [-0.2, 0) is 26.3 Å². The number of rotatable bonds is 5. The van der Waals surface area contributed by atoms with Crippen molar-refractivity contribution < 1.29 is 14.3 Å². The highest BCUT2D eigenvalue weighted by Crippen LogP contribution is 2.39. The number of anilines is 1. The average molecular weight is 418 g/mol. The van der Waals surface area contributed by atoms with Crippen molar-refractivity contribution in [2.45, 2.75) is 57.3 Å². The molecule has 0 bridgehead atoms. The molecule has 0 aliphatic carbocycles. The van der Waals surface area contributed by atoms with Gasteiger partial charge in [0.2, 0.25) is 11.9 Å². The van der Waals surface area contributed by atoms with Crippen LogP contribution >= 0.6 is 0 Å². The quantitative estimate of drug-likeness (QED) is 0.718. The molecule has 1 aromatic rings.